The molecule has 0 saturated carbocycles. The molecular formula is C12H14O3. The number of carboxylic acids is 1. The first-order valence-electron chi connectivity index (χ1n) is 5.12. The number of hydrogen-bond acceptors (Lipinski definition) is 2. The lowest BCUT2D eigenvalue weighted by molar-refractivity contribution is -0.137. The number of fused-ring (bicyclic) bond motifs is 1. The molecule has 1 N–H and O–H groups in total. The van der Waals surface area contributed by atoms with Gasteiger partial charge in [0, 0.05) is 5.92 Å². The Morgan fingerprint density at radius 1 is 1.60 bits per heavy atom. The molecule has 0 bridgehead atoms. The lowest BCUT2D eigenvalue weighted by atomic mass is 9.89. The van der Waals surface area contributed by atoms with E-state index in [4.69, 9.17) is 9.84 Å². The average molecular weight is 206 g/mol. The summed E-state index contributed by atoms with van der Waals surface area (Å²) < 4.78 is 5.50. The van der Waals surface area contributed by atoms with Gasteiger partial charge < -0.3 is 9.84 Å². The number of carbonyl (C=O) groups is 1. The summed E-state index contributed by atoms with van der Waals surface area (Å²) in [5, 5.41) is 8.82. The molecule has 80 valence electrons. The van der Waals surface area contributed by atoms with Crippen molar-refractivity contribution >= 4 is 5.97 Å². The van der Waals surface area contributed by atoms with E-state index in [-0.39, 0.29) is 12.3 Å². The number of aliphatic carboxylic acids is 1. The smallest absolute Gasteiger partial charge is 0.303 e. The van der Waals surface area contributed by atoms with Crippen molar-refractivity contribution in [1.29, 1.82) is 0 Å². The van der Waals surface area contributed by atoms with E-state index < -0.39 is 5.97 Å². The summed E-state index contributed by atoms with van der Waals surface area (Å²) in [6.45, 7) is 2.63. The summed E-state index contributed by atoms with van der Waals surface area (Å²) in [6, 6.07) is 5.95. The zero-order valence-electron chi connectivity index (χ0n) is 8.69. The molecule has 0 radical (unpaired) electrons. The van der Waals surface area contributed by atoms with Gasteiger partial charge in [0.25, 0.3) is 0 Å². The first-order valence-corrected chi connectivity index (χ1v) is 5.12. The molecule has 2 rings (SSSR count). The van der Waals surface area contributed by atoms with E-state index in [0.29, 0.717) is 6.61 Å². The molecule has 0 aliphatic carbocycles. The van der Waals surface area contributed by atoms with Crippen LogP contribution in [0.25, 0.3) is 0 Å². The molecule has 3 heteroatoms. The minimum atomic E-state index is -0.741. The van der Waals surface area contributed by atoms with Crippen LogP contribution in [-0.2, 0) is 4.79 Å². The molecule has 1 heterocycles. The third-order valence-corrected chi connectivity index (χ3v) is 2.75. The van der Waals surface area contributed by atoms with Crippen molar-refractivity contribution in [3.8, 4) is 5.75 Å². The van der Waals surface area contributed by atoms with Gasteiger partial charge in [-0.15, -0.1) is 0 Å². The van der Waals surface area contributed by atoms with E-state index in [9.17, 15) is 4.79 Å². The van der Waals surface area contributed by atoms with Crippen molar-refractivity contribution in [1.82, 2.24) is 0 Å². The molecule has 0 spiro atoms. The maximum atomic E-state index is 10.7. The van der Waals surface area contributed by atoms with Crippen LogP contribution < -0.4 is 4.74 Å². The second kappa shape index (κ2) is 3.93. The molecule has 15 heavy (non-hydrogen) atoms. The van der Waals surface area contributed by atoms with Gasteiger partial charge in [0.2, 0.25) is 0 Å². The fourth-order valence-corrected chi connectivity index (χ4v) is 2.01. The number of aryl methyl sites for hydroxylation is 1. The predicted octanol–water partition coefficient (Wildman–Crippen LogP) is 2.34. The van der Waals surface area contributed by atoms with Crippen molar-refractivity contribution in [3.05, 3.63) is 29.3 Å². The van der Waals surface area contributed by atoms with E-state index in [2.05, 4.69) is 0 Å². The molecule has 1 aromatic rings. The van der Waals surface area contributed by atoms with Gasteiger partial charge in [-0.1, -0.05) is 17.7 Å². The number of ether oxygens (including phenoxy) is 1. The summed E-state index contributed by atoms with van der Waals surface area (Å²) in [5.74, 6) is 0.207. The Labute approximate surface area is 88.7 Å². The summed E-state index contributed by atoms with van der Waals surface area (Å²) >= 11 is 0. The zero-order chi connectivity index (χ0) is 10.8. The topological polar surface area (TPSA) is 46.5 Å². The molecule has 1 atom stereocenters. The minimum Gasteiger partial charge on any atom is -0.493 e. The second-order valence-electron chi connectivity index (χ2n) is 3.97. The highest BCUT2D eigenvalue weighted by Crippen LogP contribution is 2.36. The molecular weight excluding hydrogens is 192 g/mol. The lowest BCUT2D eigenvalue weighted by Gasteiger charge is -2.25. The molecule has 1 aliphatic rings. The van der Waals surface area contributed by atoms with E-state index in [1.54, 1.807) is 0 Å². The van der Waals surface area contributed by atoms with Crippen LogP contribution in [0.15, 0.2) is 18.2 Å². The molecule has 0 saturated heterocycles. The summed E-state index contributed by atoms with van der Waals surface area (Å²) in [5.41, 5.74) is 2.19. The van der Waals surface area contributed by atoms with Gasteiger partial charge in [0.1, 0.15) is 5.75 Å². The summed E-state index contributed by atoms with van der Waals surface area (Å²) in [4.78, 5) is 10.7. The Morgan fingerprint density at radius 3 is 3.13 bits per heavy atom. The van der Waals surface area contributed by atoms with Gasteiger partial charge in [-0.25, -0.2) is 0 Å². The highest BCUT2D eigenvalue weighted by molar-refractivity contribution is 5.68. The summed E-state index contributed by atoms with van der Waals surface area (Å²) in [7, 11) is 0. The van der Waals surface area contributed by atoms with Crippen LogP contribution in [0.1, 0.15) is 29.9 Å². The van der Waals surface area contributed by atoms with Crippen molar-refractivity contribution in [2.24, 2.45) is 0 Å². The molecule has 1 aliphatic heterocycles. The van der Waals surface area contributed by atoms with Crippen molar-refractivity contribution in [2.45, 2.75) is 25.7 Å². The third-order valence-electron chi connectivity index (χ3n) is 2.75. The predicted molar refractivity (Wildman–Crippen MR) is 56.3 cm³/mol. The van der Waals surface area contributed by atoms with Crippen molar-refractivity contribution < 1.29 is 14.6 Å². The zero-order valence-corrected chi connectivity index (χ0v) is 8.69. The van der Waals surface area contributed by atoms with Crippen molar-refractivity contribution in [2.75, 3.05) is 6.61 Å². The molecule has 3 nitrogen and oxygen atoms in total. The standard InChI is InChI=1S/C12H14O3/c1-8-2-3-11-10(6-8)9(4-5-15-11)7-12(13)14/h2-3,6,9H,4-5,7H2,1H3,(H,13,14). The highest BCUT2D eigenvalue weighted by atomic mass is 16.5. The molecule has 0 amide bonds. The largest absolute Gasteiger partial charge is 0.493 e. The van der Waals surface area contributed by atoms with E-state index in [0.717, 1.165) is 23.3 Å². The average Bonchev–Trinajstić information content (AvgIpc) is 2.18. The van der Waals surface area contributed by atoms with Gasteiger partial charge in [-0.2, -0.15) is 0 Å². The first-order chi connectivity index (χ1) is 7.16. The van der Waals surface area contributed by atoms with Gasteiger partial charge in [0.15, 0.2) is 0 Å². The van der Waals surface area contributed by atoms with Crippen molar-refractivity contribution in [3.63, 3.8) is 0 Å². The van der Waals surface area contributed by atoms with E-state index in [1.165, 1.54) is 0 Å². The Kier molecular flexibility index (Phi) is 2.62. The molecule has 0 fully saturated rings. The summed E-state index contributed by atoms with van der Waals surface area (Å²) in [6.07, 6.45) is 0.989. The van der Waals surface area contributed by atoms with Crippen LogP contribution in [0.2, 0.25) is 0 Å². The van der Waals surface area contributed by atoms with Crippen LogP contribution >= 0.6 is 0 Å². The van der Waals surface area contributed by atoms with E-state index in [1.807, 2.05) is 25.1 Å². The first kappa shape index (κ1) is 10.0. The monoisotopic (exact) mass is 206 g/mol. The SMILES string of the molecule is Cc1ccc2c(c1)C(CC(=O)O)CCO2. The normalized spacial score (nSPS) is 19.1. The van der Waals surface area contributed by atoms with Gasteiger partial charge in [-0.3, -0.25) is 4.79 Å². The van der Waals surface area contributed by atoms with Crippen LogP contribution in [-0.4, -0.2) is 17.7 Å². The highest BCUT2D eigenvalue weighted by Gasteiger charge is 2.23. The Hall–Kier alpha value is -1.51. The fraction of sp³-hybridized carbons (Fsp3) is 0.417. The fourth-order valence-electron chi connectivity index (χ4n) is 2.01. The van der Waals surface area contributed by atoms with E-state index >= 15 is 0 Å². The van der Waals surface area contributed by atoms with Gasteiger partial charge in [-0.05, 0) is 25.0 Å². The second-order valence-corrected chi connectivity index (χ2v) is 3.97. The number of rotatable bonds is 2. The Balaban J connectivity index is 2.32. The maximum absolute atomic E-state index is 10.7. The van der Waals surface area contributed by atoms with Gasteiger partial charge in [0.05, 0.1) is 13.0 Å². The number of carboxylic acid groups (broad SMARTS) is 1. The maximum Gasteiger partial charge on any atom is 0.303 e. The quantitative estimate of drug-likeness (QED) is 0.807. The molecule has 1 unspecified atom stereocenters. The van der Waals surface area contributed by atoms with Crippen LogP contribution in [0.4, 0.5) is 0 Å². The number of hydrogen-bond donors (Lipinski definition) is 1. The number of benzene rings is 1. The van der Waals surface area contributed by atoms with Crippen LogP contribution in [0.5, 0.6) is 5.75 Å². The van der Waals surface area contributed by atoms with Crippen LogP contribution in [0.3, 0.4) is 0 Å². The van der Waals surface area contributed by atoms with Gasteiger partial charge >= 0.3 is 5.97 Å². The Morgan fingerprint density at radius 2 is 2.40 bits per heavy atom. The lowest BCUT2D eigenvalue weighted by Crippen LogP contribution is -2.17. The molecule has 0 aromatic heterocycles. The Bertz CT molecular complexity index is 384. The van der Waals surface area contributed by atoms with Crippen LogP contribution in [0, 0.1) is 6.92 Å². The molecule has 1 aromatic carbocycles. The third kappa shape index (κ3) is 2.12. The minimum absolute atomic E-state index is 0.103.